The SMILES string of the molecule is CCc1c2c(nc3ccc(O)cc13)-c1cc3c(c(=O)n1C2)COC(=O)C3(CC)OC(=O)N1CCN(C(=O)CCc2ccc([N+]3=C(c4cc(C(C)C)c(O)cc4O)NC3=O)cc2)CC1. The summed E-state index contributed by atoms with van der Waals surface area (Å²) in [7, 11) is 0. The van der Waals surface area contributed by atoms with Gasteiger partial charge in [0.1, 0.15) is 29.5 Å². The number of cyclic esters (lactones) is 1. The van der Waals surface area contributed by atoms with Crippen molar-refractivity contribution in [2.45, 2.75) is 78.0 Å². The second-order valence-electron chi connectivity index (χ2n) is 16.6. The molecule has 4 N–H and O–H groups in total. The third kappa shape index (κ3) is 6.80. The molecule has 3 aromatic carbocycles. The minimum atomic E-state index is -1.88. The number of rotatable bonds is 9. The van der Waals surface area contributed by atoms with Gasteiger partial charge in [0, 0.05) is 55.2 Å². The van der Waals surface area contributed by atoms with Crippen LogP contribution in [0.15, 0.2) is 65.5 Å². The predicted octanol–water partition coefficient (Wildman–Crippen LogP) is 5.62. The Morgan fingerprint density at radius 2 is 1.65 bits per heavy atom. The van der Waals surface area contributed by atoms with E-state index in [4.69, 9.17) is 14.5 Å². The van der Waals surface area contributed by atoms with Crippen LogP contribution in [0.3, 0.4) is 0 Å². The van der Waals surface area contributed by atoms with Crippen LogP contribution in [0.5, 0.6) is 17.2 Å². The summed E-state index contributed by atoms with van der Waals surface area (Å²) in [6.07, 6.45) is 0.531. The molecule has 4 amide bonds. The van der Waals surface area contributed by atoms with Gasteiger partial charge in [-0.3, -0.25) is 9.59 Å². The normalized spacial score (nSPS) is 17.9. The maximum Gasteiger partial charge on any atom is 0.448 e. The molecular formula is C47H47N6O10+. The molecule has 0 radical (unpaired) electrons. The van der Waals surface area contributed by atoms with E-state index in [0.717, 1.165) is 22.1 Å². The lowest BCUT2D eigenvalue weighted by atomic mass is 9.85. The van der Waals surface area contributed by atoms with E-state index in [1.807, 2.05) is 32.9 Å². The largest absolute Gasteiger partial charge is 0.508 e. The Morgan fingerprint density at radius 3 is 2.33 bits per heavy atom. The third-order valence-electron chi connectivity index (χ3n) is 12.8. The fourth-order valence-corrected chi connectivity index (χ4v) is 9.23. The van der Waals surface area contributed by atoms with Crippen LogP contribution in [-0.4, -0.2) is 95.3 Å². The number of pyridine rings is 2. The van der Waals surface area contributed by atoms with E-state index in [0.29, 0.717) is 52.4 Å². The number of aromatic nitrogens is 2. The number of nitrogens with zero attached hydrogens (tertiary/aromatic N) is 5. The van der Waals surface area contributed by atoms with Gasteiger partial charge in [0.25, 0.3) is 5.56 Å². The molecule has 0 spiro atoms. The van der Waals surface area contributed by atoms with Gasteiger partial charge < -0.3 is 39.2 Å². The first kappa shape index (κ1) is 41.1. The molecule has 1 unspecified atom stereocenters. The van der Waals surface area contributed by atoms with Crippen LogP contribution < -0.4 is 10.9 Å². The molecule has 16 nitrogen and oxygen atoms in total. The van der Waals surface area contributed by atoms with Gasteiger partial charge in [-0.15, -0.1) is 0 Å². The smallest absolute Gasteiger partial charge is 0.448 e. The molecule has 6 heterocycles. The van der Waals surface area contributed by atoms with Crippen molar-refractivity contribution in [3.05, 3.63) is 110 Å². The number of fused-ring (bicyclic) bond motifs is 5. The lowest BCUT2D eigenvalue weighted by Gasteiger charge is -2.39. The molecule has 0 saturated carbocycles. The molecule has 5 aromatic rings. The summed E-state index contributed by atoms with van der Waals surface area (Å²) < 4.78 is 14.7. The molecule has 1 fully saturated rings. The van der Waals surface area contributed by atoms with Crippen molar-refractivity contribution in [3.8, 4) is 28.6 Å². The van der Waals surface area contributed by atoms with Gasteiger partial charge in [0.15, 0.2) is 0 Å². The molecule has 324 valence electrons. The summed E-state index contributed by atoms with van der Waals surface area (Å²) in [5, 5.41) is 34.6. The van der Waals surface area contributed by atoms with Gasteiger partial charge in [0.05, 0.1) is 34.6 Å². The van der Waals surface area contributed by atoms with E-state index in [1.165, 1.54) is 15.5 Å². The Kier molecular flexibility index (Phi) is 10.2. The number of amides is 4. The predicted molar refractivity (Wildman–Crippen MR) is 229 cm³/mol. The number of phenols is 3. The molecule has 1 saturated heterocycles. The average molecular weight is 856 g/mol. The zero-order valence-electron chi connectivity index (χ0n) is 35.4. The highest BCUT2D eigenvalue weighted by Gasteiger charge is 2.51. The van der Waals surface area contributed by atoms with Gasteiger partial charge in [-0.25, -0.2) is 24.7 Å². The van der Waals surface area contributed by atoms with E-state index < -0.39 is 17.7 Å². The monoisotopic (exact) mass is 855 g/mol. The molecule has 1 atom stereocenters. The molecule has 2 aromatic heterocycles. The first-order valence-electron chi connectivity index (χ1n) is 21.2. The maximum absolute atomic E-state index is 14.1. The van der Waals surface area contributed by atoms with Gasteiger partial charge in [-0.05, 0) is 84.3 Å². The number of amidine groups is 1. The molecule has 63 heavy (non-hydrogen) atoms. The highest BCUT2D eigenvalue weighted by atomic mass is 16.6. The van der Waals surface area contributed by atoms with Crippen molar-refractivity contribution < 1.29 is 48.5 Å². The van der Waals surface area contributed by atoms with E-state index >= 15 is 0 Å². The summed E-state index contributed by atoms with van der Waals surface area (Å²) in [5.74, 6) is -0.553. The van der Waals surface area contributed by atoms with Crippen molar-refractivity contribution in [1.29, 1.82) is 0 Å². The van der Waals surface area contributed by atoms with Gasteiger partial charge >= 0.3 is 18.1 Å². The summed E-state index contributed by atoms with van der Waals surface area (Å²) >= 11 is 0. The van der Waals surface area contributed by atoms with Crippen molar-refractivity contribution in [1.82, 2.24) is 24.7 Å². The number of nitrogens with one attached hydrogen (secondary N) is 1. The fraction of sp³-hybridized carbons (Fsp3) is 0.340. The van der Waals surface area contributed by atoms with Gasteiger partial charge in [-0.1, -0.05) is 39.8 Å². The van der Waals surface area contributed by atoms with Crippen LogP contribution in [0.4, 0.5) is 15.3 Å². The molecule has 0 aliphatic carbocycles. The summed E-state index contributed by atoms with van der Waals surface area (Å²) in [6, 6.07) is 16.5. The summed E-state index contributed by atoms with van der Waals surface area (Å²) in [4.78, 5) is 75.7. The van der Waals surface area contributed by atoms with Crippen LogP contribution in [0, 0.1) is 0 Å². The number of aromatic hydroxyl groups is 3. The minimum Gasteiger partial charge on any atom is -0.508 e. The maximum atomic E-state index is 14.1. The number of hydrogen-bond donors (Lipinski definition) is 4. The second kappa shape index (κ2) is 15.6. The van der Waals surface area contributed by atoms with Gasteiger partial charge in [0.2, 0.25) is 17.3 Å². The first-order valence-corrected chi connectivity index (χ1v) is 21.2. The van der Waals surface area contributed by atoms with Crippen LogP contribution in [-0.2, 0) is 50.7 Å². The first-order chi connectivity index (χ1) is 30.2. The summed E-state index contributed by atoms with van der Waals surface area (Å²) in [6.45, 7) is 8.37. The van der Waals surface area contributed by atoms with Crippen LogP contribution in [0.1, 0.15) is 85.4 Å². The number of urea groups is 1. The number of piperazine rings is 1. The zero-order valence-corrected chi connectivity index (χ0v) is 35.4. The molecule has 4 aliphatic rings. The van der Waals surface area contributed by atoms with E-state index in [2.05, 4.69) is 5.32 Å². The van der Waals surface area contributed by atoms with Crippen molar-refractivity contribution in [2.75, 3.05) is 26.2 Å². The second-order valence-corrected chi connectivity index (χ2v) is 16.6. The standard InChI is InChI=1S/C47H46N6O10/c1-5-29-31-19-28(54)12-13-36(31)48-41-33(29)23-52-37(41)21-35-34(43(52)58)24-62-44(59)47(35,6-2)63-46(61)51-17-15-50(16-18-51)40(57)14-9-26-7-10-27(11-8-26)53-42(49-45(53)60)32-20-30(25(3)4)38(55)22-39(32)56/h7-8,10-13,19-22,25H,5-6,9,14-18,23-24H2,1-4H3,(H3,49,54,55,56,58,60)/p+1. The van der Waals surface area contributed by atoms with E-state index in [1.54, 1.807) is 58.9 Å². The lowest BCUT2D eigenvalue weighted by Crippen LogP contribution is -2.54. The number of benzene rings is 3. The molecule has 9 rings (SSSR count). The van der Waals surface area contributed by atoms with Crippen LogP contribution in [0.2, 0.25) is 0 Å². The Morgan fingerprint density at radius 1 is 0.921 bits per heavy atom. The fourth-order valence-electron chi connectivity index (χ4n) is 9.23. The quantitative estimate of drug-likeness (QED) is 0.104. The van der Waals surface area contributed by atoms with Crippen molar-refractivity contribution in [2.24, 2.45) is 0 Å². The number of ether oxygens (including phenoxy) is 2. The van der Waals surface area contributed by atoms with E-state index in [9.17, 15) is 39.3 Å². The number of carbonyl (C=O) groups excluding carboxylic acids is 4. The number of carbonyl (C=O) groups is 4. The highest BCUT2D eigenvalue weighted by Crippen LogP contribution is 2.43. The number of esters is 1. The number of hydrogen-bond acceptors (Lipinski definition) is 11. The Hall–Kier alpha value is -7.23. The average Bonchev–Trinajstić information content (AvgIpc) is 3.63. The molecule has 16 heteroatoms. The Labute approximate surface area is 361 Å². The highest BCUT2D eigenvalue weighted by molar-refractivity contribution is 6.13. The van der Waals surface area contributed by atoms with Crippen molar-refractivity contribution >= 4 is 46.4 Å². The number of aryl methyl sites for hydroxylation is 2. The third-order valence-corrected chi connectivity index (χ3v) is 12.8. The number of phenolic OH excluding ortho intramolecular Hbond substituents is 3. The molecule has 0 bridgehead atoms. The van der Waals surface area contributed by atoms with Crippen LogP contribution in [0.25, 0.3) is 22.3 Å². The minimum absolute atomic E-state index is 0.0101. The molecule has 4 aliphatic heterocycles. The zero-order chi connectivity index (χ0) is 44.5. The van der Waals surface area contributed by atoms with Crippen LogP contribution >= 0.6 is 0 Å². The summed E-state index contributed by atoms with van der Waals surface area (Å²) in [5.41, 5.74) is 4.30. The topological polar surface area (TPSA) is 204 Å². The molecular weight excluding hydrogens is 809 g/mol. The Bertz CT molecular complexity index is 2880. The van der Waals surface area contributed by atoms with Crippen molar-refractivity contribution in [3.63, 3.8) is 0 Å². The van der Waals surface area contributed by atoms with Gasteiger partial charge in [-0.2, -0.15) is 4.58 Å². The Balaban J connectivity index is 0.862. The lowest BCUT2D eigenvalue weighted by molar-refractivity contribution is -0.356. The van der Waals surface area contributed by atoms with E-state index in [-0.39, 0.29) is 104 Å².